The minimum atomic E-state index is -3.41. The third-order valence-corrected chi connectivity index (χ3v) is 3.52. The van der Waals surface area contributed by atoms with Crippen LogP contribution in [0.1, 0.15) is 5.56 Å². The molecule has 2 nitrogen and oxygen atoms in total. The molecule has 0 saturated heterocycles. The van der Waals surface area contributed by atoms with Crippen LogP contribution in [0.4, 0.5) is 0 Å². The molecule has 1 aromatic heterocycles. The molecule has 0 unspecified atom stereocenters. The third kappa shape index (κ3) is 3.55. The largest absolute Gasteiger partial charge is 0.236 e. The maximum absolute atomic E-state index is 10.6. The Balaban J connectivity index is 2.81. The van der Waals surface area contributed by atoms with E-state index in [1.54, 1.807) is 11.4 Å². The van der Waals surface area contributed by atoms with Crippen LogP contribution in [0.15, 0.2) is 15.2 Å². The first-order valence-electron chi connectivity index (χ1n) is 2.62. The Hall–Kier alpha value is 0.420. The zero-order chi connectivity index (χ0) is 8.48. The van der Waals surface area contributed by atoms with Crippen LogP contribution in [0.5, 0.6) is 0 Å². The Labute approximate surface area is 81.7 Å². The van der Waals surface area contributed by atoms with Crippen molar-refractivity contribution in [1.29, 1.82) is 0 Å². The van der Waals surface area contributed by atoms with Gasteiger partial charge in [-0.1, -0.05) is 0 Å². The zero-order valence-electron chi connectivity index (χ0n) is 5.25. The maximum Gasteiger partial charge on any atom is 0.236 e. The van der Waals surface area contributed by atoms with Crippen LogP contribution in [0.25, 0.3) is 0 Å². The molecule has 1 heterocycles. The predicted molar refractivity (Wildman–Crippen MR) is 50.5 cm³/mol. The lowest BCUT2D eigenvalue weighted by molar-refractivity contribution is 0.609. The van der Waals surface area contributed by atoms with E-state index in [4.69, 9.17) is 10.7 Å². The van der Waals surface area contributed by atoms with Crippen molar-refractivity contribution in [2.75, 3.05) is 0 Å². The quantitative estimate of drug-likeness (QED) is 0.778. The molecule has 1 rings (SSSR count). The third-order valence-electron chi connectivity index (χ3n) is 0.961. The molecule has 0 atom stereocenters. The number of rotatable bonds is 2. The molecular weight excluding hydrogens is 272 g/mol. The van der Waals surface area contributed by atoms with E-state index >= 15 is 0 Å². The van der Waals surface area contributed by atoms with Gasteiger partial charge in [-0.3, -0.25) is 0 Å². The van der Waals surface area contributed by atoms with Crippen molar-refractivity contribution >= 4 is 47.0 Å². The average molecular weight is 276 g/mol. The molecular formula is C5H4BrClO2S2. The first-order chi connectivity index (χ1) is 4.97. The van der Waals surface area contributed by atoms with Gasteiger partial charge in [0.05, 0.1) is 9.54 Å². The molecule has 11 heavy (non-hydrogen) atoms. The molecule has 0 saturated carbocycles. The highest BCUT2D eigenvalue weighted by molar-refractivity contribution is 9.11. The topological polar surface area (TPSA) is 34.1 Å². The van der Waals surface area contributed by atoms with Gasteiger partial charge in [0.2, 0.25) is 9.05 Å². The van der Waals surface area contributed by atoms with Gasteiger partial charge in [0, 0.05) is 10.7 Å². The van der Waals surface area contributed by atoms with Gasteiger partial charge in [-0.25, -0.2) is 8.42 Å². The summed E-state index contributed by atoms with van der Waals surface area (Å²) in [6, 6.07) is 1.74. The first-order valence-corrected chi connectivity index (χ1v) is 6.78. The molecule has 62 valence electrons. The summed E-state index contributed by atoms with van der Waals surface area (Å²) in [7, 11) is 1.63. The van der Waals surface area contributed by atoms with Crippen molar-refractivity contribution in [3.05, 3.63) is 20.8 Å². The molecule has 0 spiro atoms. The van der Waals surface area contributed by atoms with E-state index in [1.165, 1.54) is 11.3 Å². The summed E-state index contributed by atoms with van der Waals surface area (Å²) in [5.74, 6) is -0.101. The van der Waals surface area contributed by atoms with Crippen molar-refractivity contribution in [2.24, 2.45) is 0 Å². The molecule has 6 heteroatoms. The Bertz CT molecular complexity index is 343. The summed E-state index contributed by atoms with van der Waals surface area (Å²) >= 11 is 4.66. The van der Waals surface area contributed by atoms with Crippen LogP contribution >= 0.6 is 37.9 Å². The summed E-state index contributed by atoms with van der Waals surface area (Å²) in [4.78, 5) is 0. The van der Waals surface area contributed by atoms with E-state index in [9.17, 15) is 8.42 Å². The van der Waals surface area contributed by atoms with Gasteiger partial charge in [-0.05, 0) is 32.9 Å². The SMILES string of the molecule is O=S(=O)(Cl)Cc1csc(Br)c1. The second-order valence-electron chi connectivity index (χ2n) is 1.94. The van der Waals surface area contributed by atoms with E-state index in [-0.39, 0.29) is 5.75 Å². The lowest BCUT2D eigenvalue weighted by atomic mass is 10.4. The minimum Gasteiger partial charge on any atom is -0.212 e. The summed E-state index contributed by atoms with van der Waals surface area (Å²) in [5.41, 5.74) is 0.719. The Morgan fingerprint density at radius 2 is 2.27 bits per heavy atom. The highest BCUT2D eigenvalue weighted by Gasteiger charge is 2.07. The van der Waals surface area contributed by atoms with Gasteiger partial charge in [-0.2, -0.15) is 0 Å². The van der Waals surface area contributed by atoms with Gasteiger partial charge in [-0.15, -0.1) is 11.3 Å². The fourth-order valence-electron chi connectivity index (χ4n) is 0.621. The van der Waals surface area contributed by atoms with Crippen molar-refractivity contribution in [3.63, 3.8) is 0 Å². The van der Waals surface area contributed by atoms with E-state index in [0.29, 0.717) is 0 Å². The number of halogens is 2. The molecule has 0 amide bonds. The molecule has 0 radical (unpaired) electrons. The standard InChI is InChI=1S/C5H4BrClO2S2/c6-5-1-4(2-10-5)3-11(7,8)9/h1-2H,3H2. The van der Waals surface area contributed by atoms with E-state index in [2.05, 4.69) is 15.9 Å². The predicted octanol–water partition coefficient (Wildman–Crippen LogP) is 2.58. The van der Waals surface area contributed by atoms with Crippen LogP contribution in [0, 0.1) is 0 Å². The Kier molecular flexibility index (Phi) is 2.96. The van der Waals surface area contributed by atoms with Crippen LogP contribution < -0.4 is 0 Å². The number of hydrogen-bond donors (Lipinski definition) is 0. The van der Waals surface area contributed by atoms with Crippen LogP contribution in [-0.2, 0) is 14.8 Å². The van der Waals surface area contributed by atoms with E-state index in [0.717, 1.165) is 9.35 Å². The molecule has 0 N–H and O–H groups in total. The highest BCUT2D eigenvalue weighted by Crippen LogP contribution is 2.22. The van der Waals surface area contributed by atoms with Gasteiger partial charge < -0.3 is 0 Å². The van der Waals surface area contributed by atoms with Crippen LogP contribution in [0.3, 0.4) is 0 Å². The van der Waals surface area contributed by atoms with Crippen molar-refractivity contribution in [2.45, 2.75) is 5.75 Å². The molecule has 0 bridgehead atoms. The Morgan fingerprint density at radius 3 is 2.64 bits per heavy atom. The number of hydrogen-bond acceptors (Lipinski definition) is 3. The average Bonchev–Trinajstić information content (AvgIpc) is 2.10. The summed E-state index contributed by atoms with van der Waals surface area (Å²) in [6.07, 6.45) is 0. The second-order valence-corrected chi connectivity index (χ2v) is 7.01. The molecule has 0 aliphatic heterocycles. The molecule has 0 aliphatic rings. The smallest absolute Gasteiger partial charge is 0.212 e. The molecule has 0 fully saturated rings. The summed E-state index contributed by atoms with van der Waals surface area (Å²) in [5, 5.41) is 1.75. The maximum atomic E-state index is 10.6. The van der Waals surface area contributed by atoms with Crippen molar-refractivity contribution in [3.8, 4) is 0 Å². The van der Waals surface area contributed by atoms with E-state index < -0.39 is 9.05 Å². The second kappa shape index (κ2) is 3.43. The lowest BCUT2D eigenvalue weighted by Gasteiger charge is -1.88. The monoisotopic (exact) mass is 274 g/mol. The van der Waals surface area contributed by atoms with Crippen molar-refractivity contribution in [1.82, 2.24) is 0 Å². The van der Waals surface area contributed by atoms with Crippen LogP contribution in [-0.4, -0.2) is 8.42 Å². The van der Waals surface area contributed by atoms with Crippen molar-refractivity contribution < 1.29 is 8.42 Å². The normalized spacial score (nSPS) is 11.8. The van der Waals surface area contributed by atoms with Gasteiger partial charge >= 0.3 is 0 Å². The van der Waals surface area contributed by atoms with Crippen LogP contribution in [0.2, 0.25) is 0 Å². The molecule has 0 aromatic carbocycles. The molecule has 1 aromatic rings. The van der Waals surface area contributed by atoms with E-state index in [1.807, 2.05) is 0 Å². The fourth-order valence-corrected chi connectivity index (χ4v) is 2.88. The van der Waals surface area contributed by atoms with Gasteiger partial charge in [0.15, 0.2) is 0 Å². The van der Waals surface area contributed by atoms with Gasteiger partial charge in [0.1, 0.15) is 0 Å². The Morgan fingerprint density at radius 1 is 1.64 bits per heavy atom. The fraction of sp³-hybridized carbons (Fsp3) is 0.200. The molecule has 0 aliphatic carbocycles. The highest BCUT2D eigenvalue weighted by atomic mass is 79.9. The first kappa shape index (κ1) is 9.51. The number of thiophene rings is 1. The minimum absolute atomic E-state index is 0.101. The van der Waals surface area contributed by atoms with Gasteiger partial charge in [0.25, 0.3) is 0 Å². The summed E-state index contributed by atoms with van der Waals surface area (Å²) < 4.78 is 22.0. The summed E-state index contributed by atoms with van der Waals surface area (Å²) in [6.45, 7) is 0. The lowest BCUT2D eigenvalue weighted by Crippen LogP contribution is -1.92. The zero-order valence-corrected chi connectivity index (χ0v) is 9.23.